The van der Waals surface area contributed by atoms with Crippen molar-refractivity contribution in [3.8, 4) is 16.9 Å². The second-order valence-corrected chi connectivity index (χ2v) is 5.67. The van der Waals surface area contributed by atoms with E-state index >= 15 is 0 Å². The third-order valence-corrected chi connectivity index (χ3v) is 4.07. The quantitative estimate of drug-likeness (QED) is 0.571. The lowest BCUT2D eigenvalue weighted by atomic mass is 10.1. The molecule has 0 aliphatic heterocycles. The third-order valence-electron chi connectivity index (χ3n) is 4.07. The smallest absolute Gasteiger partial charge is 0.119 e. The first kappa shape index (κ1) is 13.4. The van der Waals surface area contributed by atoms with Gasteiger partial charge < -0.3 is 9.72 Å². The molecule has 2 heterocycles. The second kappa shape index (κ2) is 6.59. The molecule has 0 fully saturated rings. The van der Waals surface area contributed by atoms with Gasteiger partial charge in [-0.2, -0.15) is 0 Å². The van der Waals surface area contributed by atoms with Crippen LogP contribution in [0.15, 0.2) is 79.2 Å². The monoisotopic (exact) mass is 315 g/mol. The van der Waals surface area contributed by atoms with Gasteiger partial charge in [0.05, 0.1) is 7.98 Å². The van der Waals surface area contributed by atoms with Crippen molar-refractivity contribution in [1.82, 2.24) is 9.97 Å². The molecule has 24 heavy (non-hydrogen) atoms. The zero-order valence-electron chi connectivity index (χ0n) is 14.2. The zero-order chi connectivity index (χ0) is 17.1. The van der Waals surface area contributed by atoms with Crippen molar-refractivity contribution in [2.45, 2.75) is 6.42 Å². The molecule has 3 nitrogen and oxygen atoms in total. The normalized spacial score (nSPS) is 11.4. The number of benzene rings is 2. The maximum Gasteiger partial charge on any atom is 0.119 e. The molecule has 4 rings (SSSR count). The number of pyridine rings is 1. The van der Waals surface area contributed by atoms with Gasteiger partial charge in [0, 0.05) is 30.5 Å². The minimum atomic E-state index is 0.532. The second-order valence-electron chi connectivity index (χ2n) is 5.67. The minimum absolute atomic E-state index is 0.532. The Kier molecular flexibility index (Phi) is 3.67. The van der Waals surface area contributed by atoms with Crippen molar-refractivity contribution < 1.29 is 6.11 Å². The summed E-state index contributed by atoms with van der Waals surface area (Å²) < 4.78 is 13.7. The van der Waals surface area contributed by atoms with E-state index in [1.54, 1.807) is 18.6 Å². The van der Waals surface area contributed by atoms with Gasteiger partial charge in [-0.15, -0.1) is 0 Å². The van der Waals surface area contributed by atoms with Crippen molar-refractivity contribution in [1.29, 1.82) is 0 Å². The third kappa shape index (κ3) is 3.15. The summed E-state index contributed by atoms with van der Waals surface area (Å²) in [5, 5.41) is 0.958. The van der Waals surface area contributed by atoms with E-state index in [2.05, 4.69) is 34.2 Å². The van der Waals surface area contributed by atoms with Gasteiger partial charge in [0.2, 0.25) is 0 Å². The molecule has 0 aliphatic carbocycles. The Morgan fingerprint density at radius 1 is 0.958 bits per heavy atom. The maximum absolute atomic E-state index is 7.88. The van der Waals surface area contributed by atoms with Crippen LogP contribution in [0.1, 0.15) is 6.93 Å². The number of rotatable bonds is 5. The van der Waals surface area contributed by atoms with Gasteiger partial charge in [0.1, 0.15) is 5.75 Å². The highest BCUT2D eigenvalue weighted by atomic mass is 16.5. The fourth-order valence-corrected chi connectivity index (χ4v) is 2.76. The van der Waals surface area contributed by atoms with Crippen molar-refractivity contribution in [3.63, 3.8) is 0 Å². The number of nitrogens with zero attached hydrogens (tertiary/aromatic N) is 1. The highest BCUT2D eigenvalue weighted by molar-refractivity contribution is 5.79. The summed E-state index contributed by atoms with van der Waals surface area (Å²) in [4.78, 5) is 7.13. The first-order valence-electron chi connectivity index (χ1n) is 8.49. The minimum Gasteiger partial charge on any atom is -0.493 e. The summed E-state index contributed by atoms with van der Waals surface area (Å²) in [6.45, 7) is 0.609. The van der Waals surface area contributed by atoms with Crippen LogP contribution < -0.4 is 4.74 Å². The number of aromatic nitrogens is 2. The van der Waals surface area contributed by atoms with Gasteiger partial charge in [-0.05, 0) is 64.5 Å². The van der Waals surface area contributed by atoms with E-state index in [4.69, 9.17) is 6.11 Å². The number of aromatic amines is 1. The standard InChI is InChI=1S/C21H18N2O/c1-6-21-19(9-13-23-21)15-16(1)10-14-24-20-4-2-17(3-5-20)18-7-11-22-12-8-18/h1-9,11-13,15,23H,10,14H2/i9D. The topological polar surface area (TPSA) is 37.9 Å². The van der Waals surface area contributed by atoms with Crippen LogP contribution >= 0.6 is 0 Å². The van der Waals surface area contributed by atoms with E-state index in [9.17, 15) is 0 Å². The van der Waals surface area contributed by atoms with Crippen LogP contribution in [0.2, 0.25) is 0 Å². The first-order valence-corrected chi connectivity index (χ1v) is 7.99. The number of nitrogens with one attached hydrogen (secondary N) is 1. The summed E-state index contributed by atoms with van der Waals surface area (Å²) in [6, 6.07) is 18.8. The Morgan fingerprint density at radius 2 is 1.75 bits per heavy atom. The van der Waals surface area contributed by atoms with Crippen molar-refractivity contribution in [3.05, 3.63) is 84.8 Å². The van der Waals surface area contributed by atoms with Crippen LogP contribution in [0.25, 0.3) is 22.0 Å². The summed E-state index contributed by atoms with van der Waals surface area (Å²) >= 11 is 0. The molecular formula is C21H18N2O. The fourth-order valence-electron chi connectivity index (χ4n) is 2.76. The molecule has 0 aliphatic rings. The van der Waals surface area contributed by atoms with Gasteiger partial charge in [-0.25, -0.2) is 0 Å². The Bertz CT molecular complexity index is 978. The average molecular weight is 315 g/mol. The fraction of sp³-hybridized carbons (Fsp3) is 0.0952. The molecule has 1 N–H and O–H groups in total. The molecule has 118 valence electrons. The van der Waals surface area contributed by atoms with E-state index < -0.39 is 0 Å². The lowest BCUT2D eigenvalue weighted by Gasteiger charge is -2.08. The van der Waals surface area contributed by atoms with Gasteiger partial charge in [0.25, 0.3) is 0 Å². The number of hydrogen-bond donors (Lipinski definition) is 1. The van der Waals surface area contributed by atoms with Crippen LogP contribution in [0, 0.1) is 0 Å². The highest BCUT2D eigenvalue weighted by Gasteiger charge is 2.00. The summed E-state index contributed by atoms with van der Waals surface area (Å²) in [5.41, 5.74) is 4.47. The molecule has 0 atom stereocenters. The van der Waals surface area contributed by atoms with Crippen LogP contribution in [0.5, 0.6) is 5.75 Å². The summed E-state index contributed by atoms with van der Waals surface area (Å²) in [7, 11) is 0. The predicted molar refractivity (Wildman–Crippen MR) is 97.2 cm³/mol. The van der Waals surface area contributed by atoms with Gasteiger partial charge in [0.15, 0.2) is 0 Å². The van der Waals surface area contributed by atoms with Gasteiger partial charge in [-0.1, -0.05) is 18.2 Å². The molecule has 0 saturated carbocycles. The molecular weight excluding hydrogens is 296 g/mol. The van der Waals surface area contributed by atoms with E-state index in [0.717, 1.165) is 34.2 Å². The maximum atomic E-state index is 7.88. The number of ether oxygens (including phenoxy) is 1. The molecule has 0 amide bonds. The molecule has 0 bridgehead atoms. The van der Waals surface area contributed by atoms with E-state index in [1.165, 1.54) is 5.56 Å². The Hall–Kier alpha value is -3.07. The lowest BCUT2D eigenvalue weighted by Crippen LogP contribution is -2.01. The van der Waals surface area contributed by atoms with Crippen LogP contribution in [0.4, 0.5) is 0 Å². The van der Waals surface area contributed by atoms with Crippen LogP contribution in [-0.4, -0.2) is 16.6 Å². The molecule has 0 radical (unpaired) electrons. The molecule has 2 aromatic heterocycles. The molecule has 3 heteroatoms. The van der Waals surface area contributed by atoms with E-state index in [0.29, 0.717) is 12.6 Å². The van der Waals surface area contributed by atoms with E-state index in [1.807, 2.05) is 30.3 Å². The summed E-state index contributed by atoms with van der Waals surface area (Å²) in [6.07, 6.45) is 6.12. The molecule has 2 aromatic carbocycles. The highest BCUT2D eigenvalue weighted by Crippen LogP contribution is 2.22. The Balaban J connectivity index is 1.38. The van der Waals surface area contributed by atoms with Crippen molar-refractivity contribution >= 4 is 10.9 Å². The lowest BCUT2D eigenvalue weighted by molar-refractivity contribution is 0.322. The van der Waals surface area contributed by atoms with Crippen LogP contribution in [-0.2, 0) is 6.42 Å². The molecule has 0 spiro atoms. The molecule has 4 aromatic rings. The molecule has 0 unspecified atom stereocenters. The number of hydrogen-bond acceptors (Lipinski definition) is 2. The van der Waals surface area contributed by atoms with Gasteiger partial charge >= 0.3 is 0 Å². The van der Waals surface area contributed by atoms with Crippen molar-refractivity contribution in [2.24, 2.45) is 0 Å². The SMILES string of the molecule is [2H]c1c[nH]c2ccc(CCOc3ccc(-c4ccncc4)cc3)cc12. The van der Waals surface area contributed by atoms with Gasteiger partial charge in [-0.3, -0.25) is 4.98 Å². The predicted octanol–water partition coefficient (Wildman–Crippen LogP) is 4.85. The zero-order valence-corrected chi connectivity index (χ0v) is 13.2. The average Bonchev–Trinajstić information content (AvgIpc) is 3.04. The van der Waals surface area contributed by atoms with Crippen LogP contribution in [0.3, 0.4) is 0 Å². The van der Waals surface area contributed by atoms with Crippen molar-refractivity contribution in [2.75, 3.05) is 6.61 Å². The Morgan fingerprint density at radius 3 is 2.58 bits per heavy atom. The number of H-pyrrole nitrogens is 1. The van der Waals surface area contributed by atoms with E-state index in [-0.39, 0.29) is 0 Å². The summed E-state index contributed by atoms with van der Waals surface area (Å²) in [5.74, 6) is 0.863. The Labute approximate surface area is 142 Å². The number of fused-ring (bicyclic) bond motifs is 1. The molecule has 0 saturated heterocycles. The largest absolute Gasteiger partial charge is 0.493 e. The first-order chi connectivity index (χ1) is 12.3.